The van der Waals surface area contributed by atoms with E-state index in [4.69, 9.17) is 0 Å². The van der Waals surface area contributed by atoms with E-state index in [1.807, 2.05) is 0 Å². The van der Waals surface area contributed by atoms with E-state index < -0.39 is 59.5 Å². The Kier molecular flexibility index (Phi) is 6.76. The summed E-state index contributed by atoms with van der Waals surface area (Å²) in [7, 11) is 0. The molecule has 0 aromatic heterocycles. The topological polar surface area (TPSA) is 52.6 Å². The van der Waals surface area contributed by atoms with Gasteiger partial charge in [0.2, 0.25) is 0 Å². The Morgan fingerprint density at radius 1 is 0.562 bits per heavy atom. The Labute approximate surface area is 165 Å². The molecule has 0 bridgehead atoms. The Balaban J connectivity index is 3.12. The molecule has 1 aromatic rings. The zero-order valence-electron chi connectivity index (χ0n) is 14.2. The quantitative estimate of drug-likeness (QED) is 0.307. The van der Waals surface area contributed by atoms with Crippen LogP contribution in [0.1, 0.15) is 0 Å². The maximum Gasteiger partial charge on any atom is 0.460 e. The van der Waals surface area contributed by atoms with Gasteiger partial charge in [-0.05, 0) is 12.1 Å². The predicted molar refractivity (Wildman–Crippen MR) is 69.6 cm³/mol. The molecule has 0 aliphatic heterocycles. The van der Waals surface area contributed by atoms with E-state index >= 15 is 0 Å². The van der Waals surface area contributed by atoms with Gasteiger partial charge in [-0.15, -0.1) is 0 Å². The predicted octanol–water partition coefficient (Wildman–Crippen LogP) is 5.16. The number of carbonyl (C=O) groups is 2. The van der Waals surface area contributed by atoms with Gasteiger partial charge in [-0.1, -0.05) is 6.07 Å². The molecule has 0 heterocycles. The molecule has 1 rings (SSSR count). The molecule has 0 spiro atoms. The minimum absolute atomic E-state index is 0.112. The highest BCUT2D eigenvalue weighted by atomic mass is 19.4. The first kappa shape index (κ1) is 27.2. The first-order valence-corrected chi connectivity index (χ1v) is 7.19. The summed E-state index contributed by atoms with van der Waals surface area (Å²) in [5.74, 6) is -36.9. The minimum Gasteiger partial charge on any atom is -0.422 e. The minimum atomic E-state index is -6.94. The molecular formula is C14H4F14O4. The Hall–Kier alpha value is -2.82. The van der Waals surface area contributed by atoms with Crippen molar-refractivity contribution in [1.29, 1.82) is 0 Å². The third-order valence-electron chi connectivity index (χ3n) is 3.24. The van der Waals surface area contributed by atoms with Crippen LogP contribution in [0.3, 0.4) is 0 Å². The number of alkyl halides is 14. The van der Waals surface area contributed by atoms with Crippen LogP contribution in [0, 0.1) is 0 Å². The molecule has 0 saturated carbocycles. The summed E-state index contributed by atoms with van der Waals surface area (Å²) in [5, 5.41) is 0. The van der Waals surface area contributed by atoms with Crippen LogP contribution in [0.15, 0.2) is 24.3 Å². The molecule has 0 fully saturated rings. The number of hydrogen-bond acceptors (Lipinski definition) is 4. The molecule has 18 heteroatoms. The Morgan fingerprint density at radius 3 is 1.09 bits per heavy atom. The number of halogens is 14. The zero-order valence-corrected chi connectivity index (χ0v) is 14.2. The molecule has 182 valence electrons. The Morgan fingerprint density at radius 2 is 0.844 bits per heavy atom. The van der Waals surface area contributed by atoms with Crippen molar-refractivity contribution in [2.45, 2.75) is 36.0 Å². The standard InChI is InChI=1S/C14H4F14O4/c15-9(16,11(19,20)13(23,24)25)7(29)31-5-2-1-3-6(4-5)32-8(30)10(17,18)12(21,22)14(26,27)28/h1-4H. The van der Waals surface area contributed by atoms with Crippen LogP contribution >= 0.6 is 0 Å². The summed E-state index contributed by atoms with van der Waals surface area (Å²) in [6.07, 6.45) is -13.9. The van der Waals surface area contributed by atoms with Crippen LogP contribution in [0.5, 0.6) is 11.5 Å². The number of hydrogen-bond donors (Lipinski definition) is 0. The number of benzene rings is 1. The van der Waals surface area contributed by atoms with E-state index in [0.29, 0.717) is 18.2 Å². The van der Waals surface area contributed by atoms with Gasteiger partial charge in [-0.3, -0.25) is 0 Å². The average Bonchev–Trinajstić information content (AvgIpc) is 2.59. The lowest BCUT2D eigenvalue weighted by Crippen LogP contribution is -2.57. The van der Waals surface area contributed by atoms with Crippen molar-refractivity contribution < 1.29 is 80.5 Å². The van der Waals surface area contributed by atoms with Crippen LogP contribution in [-0.4, -0.2) is 48.0 Å². The lowest BCUT2D eigenvalue weighted by atomic mass is 10.1. The monoisotopic (exact) mass is 502 g/mol. The summed E-state index contributed by atoms with van der Waals surface area (Å²) in [5.41, 5.74) is 0. The zero-order chi connectivity index (χ0) is 25.6. The van der Waals surface area contributed by atoms with Gasteiger partial charge in [0, 0.05) is 6.07 Å². The first-order chi connectivity index (χ1) is 14.0. The maximum absolute atomic E-state index is 13.2. The second kappa shape index (κ2) is 7.95. The second-order valence-corrected chi connectivity index (χ2v) is 5.55. The molecule has 1 aromatic carbocycles. The fourth-order valence-corrected chi connectivity index (χ4v) is 1.56. The third-order valence-corrected chi connectivity index (χ3v) is 3.24. The van der Waals surface area contributed by atoms with Crippen LogP contribution in [0.2, 0.25) is 0 Å². The molecule has 0 unspecified atom stereocenters. The van der Waals surface area contributed by atoms with Crippen LogP contribution < -0.4 is 9.47 Å². The van der Waals surface area contributed by atoms with E-state index in [0.717, 1.165) is 0 Å². The van der Waals surface area contributed by atoms with E-state index in [2.05, 4.69) is 9.47 Å². The van der Waals surface area contributed by atoms with Crippen molar-refractivity contribution in [1.82, 2.24) is 0 Å². The van der Waals surface area contributed by atoms with E-state index in [1.165, 1.54) is 0 Å². The molecule has 0 aliphatic rings. The molecule has 0 aliphatic carbocycles. The van der Waals surface area contributed by atoms with Crippen molar-refractivity contribution in [3.8, 4) is 11.5 Å². The normalized spacial score (nSPS) is 14.2. The summed E-state index contributed by atoms with van der Waals surface area (Å²) in [4.78, 5) is 22.1. The van der Waals surface area contributed by atoms with Crippen molar-refractivity contribution >= 4 is 11.9 Å². The largest absolute Gasteiger partial charge is 0.460 e. The van der Waals surface area contributed by atoms with Gasteiger partial charge < -0.3 is 9.47 Å². The van der Waals surface area contributed by atoms with Gasteiger partial charge in [-0.2, -0.15) is 61.5 Å². The second-order valence-electron chi connectivity index (χ2n) is 5.55. The first-order valence-electron chi connectivity index (χ1n) is 7.19. The molecule has 0 saturated heterocycles. The van der Waals surface area contributed by atoms with E-state index in [9.17, 15) is 71.1 Å². The number of esters is 2. The molecule has 0 N–H and O–H groups in total. The summed E-state index contributed by atoms with van der Waals surface area (Å²) in [6.45, 7) is 0. The highest BCUT2D eigenvalue weighted by Crippen LogP contribution is 2.48. The fraction of sp³-hybridized carbons (Fsp3) is 0.429. The van der Waals surface area contributed by atoms with Gasteiger partial charge in [0.1, 0.15) is 11.5 Å². The number of carbonyl (C=O) groups excluding carboxylic acids is 2. The lowest BCUT2D eigenvalue weighted by molar-refractivity contribution is -0.346. The van der Waals surface area contributed by atoms with Crippen LogP contribution in [0.25, 0.3) is 0 Å². The van der Waals surface area contributed by atoms with Crippen LogP contribution in [-0.2, 0) is 9.59 Å². The molecule has 32 heavy (non-hydrogen) atoms. The van der Waals surface area contributed by atoms with Gasteiger partial charge in [0.25, 0.3) is 0 Å². The maximum atomic E-state index is 13.2. The summed E-state index contributed by atoms with van der Waals surface area (Å²) >= 11 is 0. The van der Waals surface area contributed by atoms with Crippen molar-refractivity contribution in [3.05, 3.63) is 24.3 Å². The third kappa shape index (κ3) is 4.67. The molecule has 4 nitrogen and oxygen atoms in total. The highest BCUT2D eigenvalue weighted by molar-refractivity contribution is 5.82. The van der Waals surface area contributed by atoms with Crippen LogP contribution in [0.4, 0.5) is 61.5 Å². The van der Waals surface area contributed by atoms with Gasteiger partial charge in [-0.25, -0.2) is 9.59 Å². The van der Waals surface area contributed by atoms with Gasteiger partial charge in [0.05, 0.1) is 0 Å². The van der Waals surface area contributed by atoms with Crippen molar-refractivity contribution in [2.75, 3.05) is 0 Å². The molecule has 0 amide bonds. The fourth-order valence-electron chi connectivity index (χ4n) is 1.56. The Bertz CT molecular complexity index is 804. The van der Waals surface area contributed by atoms with Crippen molar-refractivity contribution in [2.24, 2.45) is 0 Å². The highest BCUT2D eigenvalue weighted by Gasteiger charge is 2.78. The molecule has 0 radical (unpaired) electrons. The lowest BCUT2D eigenvalue weighted by Gasteiger charge is -2.26. The van der Waals surface area contributed by atoms with Gasteiger partial charge >= 0.3 is 48.0 Å². The average molecular weight is 502 g/mol. The number of rotatable bonds is 6. The van der Waals surface area contributed by atoms with E-state index in [-0.39, 0.29) is 6.07 Å². The molecule has 0 atom stereocenters. The summed E-state index contributed by atoms with van der Waals surface area (Å²) < 4.78 is 183. The van der Waals surface area contributed by atoms with Gasteiger partial charge in [0.15, 0.2) is 0 Å². The SMILES string of the molecule is O=C(Oc1cccc(OC(=O)C(F)(F)C(F)(F)C(F)(F)F)c1)C(F)(F)C(F)(F)C(F)(F)F. The smallest absolute Gasteiger partial charge is 0.422 e. The molecular weight excluding hydrogens is 498 g/mol. The van der Waals surface area contributed by atoms with E-state index in [1.54, 1.807) is 0 Å². The van der Waals surface area contributed by atoms with Crippen molar-refractivity contribution in [3.63, 3.8) is 0 Å². The summed E-state index contributed by atoms with van der Waals surface area (Å²) in [6, 6.07) is 0.976. The number of ether oxygens (including phenoxy) is 2.